The molecule has 118 valence electrons. The quantitative estimate of drug-likeness (QED) is 0.690. The Morgan fingerprint density at radius 3 is 2.39 bits per heavy atom. The number of aromatic nitrogens is 2. The SMILES string of the molecule is Cc1ccc(S(=O)(=O)Oc2ccc(-n3cccn3)cc2)c(C)c1. The molecule has 0 aliphatic carbocycles. The second-order valence-corrected chi connectivity index (χ2v) is 6.77. The summed E-state index contributed by atoms with van der Waals surface area (Å²) in [7, 11) is -3.85. The van der Waals surface area contributed by atoms with E-state index in [2.05, 4.69) is 5.10 Å². The predicted octanol–water partition coefficient (Wildman–Crippen LogP) is 3.26. The van der Waals surface area contributed by atoms with Crippen molar-refractivity contribution in [2.45, 2.75) is 18.7 Å². The molecular formula is C17H16N2O3S. The number of hydrogen-bond acceptors (Lipinski definition) is 4. The zero-order valence-corrected chi connectivity index (χ0v) is 13.6. The fourth-order valence-electron chi connectivity index (χ4n) is 2.33. The summed E-state index contributed by atoms with van der Waals surface area (Å²) in [6.45, 7) is 3.67. The third-order valence-corrected chi connectivity index (χ3v) is 4.82. The van der Waals surface area contributed by atoms with Gasteiger partial charge < -0.3 is 4.18 Å². The van der Waals surface area contributed by atoms with E-state index in [1.165, 1.54) is 0 Å². The molecule has 1 heterocycles. The van der Waals surface area contributed by atoms with Gasteiger partial charge in [0.2, 0.25) is 0 Å². The first-order valence-corrected chi connectivity index (χ1v) is 8.48. The van der Waals surface area contributed by atoms with Crippen molar-refractivity contribution in [1.29, 1.82) is 0 Å². The molecule has 23 heavy (non-hydrogen) atoms. The van der Waals surface area contributed by atoms with Crippen LogP contribution in [0.25, 0.3) is 5.69 Å². The van der Waals surface area contributed by atoms with Crippen LogP contribution in [0.2, 0.25) is 0 Å². The second kappa shape index (κ2) is 5.89. The first-order valence-electron chi connectivity index (χ1n) is 7.07. The van der Waals surface area contributed by atoms with Crippen LogP contribution < -0.4 is 4.18 Å². The van der Waals surface area contributed by atoms with E-state index in [0.29, 0.717) is 5.56 Å². The third-order valence-electron chi connectivity index (χ3n) is 3.41. The van der Waals surface area contributed by atoms with Gasteiger partial charge in [0.25, 0.3) is 0 Å². The van der Waals surface area contributed by atoms with Gasteiger partial charge in [-0.1, -0.05) is 17.7 Å². The van der Waals surface area contributed by atoms with Gasteiger partial charge in [-0.25, -0.2) is 4.68 Å². The Labute approximate surface area is 135 Å². The fraction of sp³-hybridized carbons (Fsp3) is 0.118. The van der Waals surface area contributed by atoms with Crippen LogP contribution in [0.5, 0.6) is 5.75 Å². The van der Waals surface area contributed by atoms with Gasteiger partial charge in [0.05, 0.1) is 5.69 Å². The molecule has 0 atom stereocenters. The Morgan fingerprint density at radius 1 is 1.04 bits per heavy atom. The second-order valence-electron chi connectivity index (χ2n) is 5.25. The van der Waals surface area contributed by atoms with Gasteiger partial charge in [-0.3, -0.25) is 0 Å². The zero-order valence-electron chi connectivity index (χ0n) is 12.8. The summed E-state index contributed by atoms with van der Waals surface area (Å²) in [4.78, 5) is 0.180. The van der Waals surface area contributed by atoms with E-state index in [0.717, 1.165) is 11.3 Å². The summed E-state index contributed by atoms with van der Waals surface area (Å²) < 4.78 is 31.7. The maximum atomic E-state index is 12.4. The number of benzene rings is 2. The van der Waals surface area contributed by atoms with Crippen molar-refractivity contribution >= 4 is 10.1 Å². The lowest BCUT2D eigenvalue weighted by molar-refractivity contribution is 0.485. The highest BCUT2D eigenvalue weighted by molar-refractivity contribution is 7.87. The Balaban J connectivity index is 1.86. The van der Waals surface area contributed by atoms with Gasteiger partial charge >= 0.3 is 10.1 Å². The summed E-state index contributed by atoms with van der Waals surface area (Å²) in [5, 5.41) is 4.12. The lowest BCUT2D eigenvalue weighted by Gasteiger charge is -2.10. The van der Waals surface area contributed by atoms with Crippen molar-refractivity contribution in [2.24, 2.45) is 0 Å². The molecule has 5 nitrogen and oxygen atoms in total. The van der Waals surface area contributed by atoms with Gasteiger partial charge in [0, 0.05) is 12.4 Å². The average Bonchev–Trinajstić information content (AvgIpc) is 3.01. The van der Waals surface area contributed by atoms with Crippen molar-refractivity contribution < 1.29 is 12.6 Å². The minimum atomic E-state index is -3.85. The van der Waals surface area contributed by atoms with Crippen LogP contribution in [0.15, 0.2) is 65.8 Å². The number of hydrogen-bond donors (Lipinski definition) is 0. The molecule has 0 bridgehead atoms. The summed E-state index contributed by atoms with van der Waals surface area (Å²) in [5.74, 6) is 0.265. The van der Waals surface area contributed by atoms with E-state index >= 15 is 0 Å². The largest absolute Gasteiger partial charge is 0.379 e. The smallest absolute Gasteiger partial charge is 0.339 e. The molecule has 0 radical (unpaired) electrons. The lowest BCUT2D eigenvalue weighted by atomic mass is 10.2. The average molecular weight is 328 g/mol. The summed E-state index contributed by atoms with van der Waals surface area (Å²) >= 11 is 0. The minimum absolute atomic E-state index is 0.180. The highest BCUT2D eigenvalue weighted by Gasteiger charge is 2.19. The molecular weight excluding hydrogens is 312 g/mol. The topological polar surface area (TPSA) is 61.2 Å². The maximum Gasteiger partial charge on any atom is 0.339 e. The zero-order chi connectivity index (χ0) is 16.4. The van der Waals surface area contributed by atoms with E-state index in [-0.39, 0.29) is 10.6 Å². The molecule has 3 aromatic rings. The Bertz CT molecular complexity index is 915. The molecule has 0 saturated heterocycles. The standard InChI is InChI=1S/C17H16N2O3S/c1-13-4-9-17(14(2)12-13)23(20,21)22-16-7-5-15(6-8-16)19-11-3-10-18-19/h3-12H,1-2H3. The van der Waals surface area contributed by atoms with E-state index in [4.69, 9.17) is 4.18 Å². The first kappa shape index (κ1) is 15.3. The van der Waals surface area contributed by atoms with Crippen molar-refractivity contribution in [3.8, 4) is 11.4 Å². The molecule has 0 saturated carbocycles. The lowest BCUT2D eigenvalue weighted by Crippen LogP contribution is -2.11. The Morgan fingerprint density at radius 2 is 1.78 bits per heavy atom. The molecule has 3 rings (SSSR count). The number of aryl methyl sites for hydroxylation is 2. The summed E-state index contributed by atoms with van der Waals surface area (Å²) in [5.41, 5.74) is 2.49. The highest BCUT2D eigenvalue weighted by Crippen LogP contribution is 2.23. The molecule has 0 aliphatic heterocycles. The maximum absolute atomic E-state index is 12.4. The predicted molar refractivity (Wildman–Crippen MR) is 87.3 cm³/mol. The molecule has 2 aromatic carbocycles. The van der Waals surface area contributed by atoms with Crippen LogP contribution in [0.3, 0.4) is 0 Å². The third kappa shape index (κ3) is 3.27. The van der Waals surface area contributed by atoms with Crippen LogP contribution in [0.1, 0.15) is 11.1 Å². The molecule has 0 aliphatic rings. The van der Waals surface area contributed by atoms with Crippen molar-refractivity contribution in [1.82, 2.24) is 9.78 Å². The van der Waals surface area contributed by atoms with Crippen LogP contribution in [0.4, 0.5) is 0 Å². The number of nitrogens with zero attached hydrogens (tertiary/aromatic N) is 2. The van der Waals surface area contributed by atoms with Gasteiger partial charge in [0.15, 0.2) is 0 Å². The molecule has 0 spiro atoms. The molecule has 0 amide bonds. The van der Waals surface area contributed by atoms with Crippen LogP contribution in [-0.4, -0.2) is 18.2 Å². The molecule has 0 fully saturated rings. The monoisotopic (exact) mass is 328 g/mol. The van der Waals surface area contributed by atoms with E-state index in [1.807, 2.05) is 25.3 Å². The molecule has 0 unspecified atom stereocenters. The van der Waals surface area contributed by atoms with Crippen LogP contribution in [0, 0.1) is 13.8 Å². The normalized spacial score (nSPS) is 11.4. The Kier molecular flexibility index (Phi) is 3.92. The van der Waals surface area contributed by atoms with Crippen molar-refractivity contribution in [2.75, 3.05) is 0 Å². The minimum Gasteiger partial charge on any atom is -0.379 e. The number of rotatable bonds is 4. The van der Waals surface area contributed by atoms with E-state index in [1.54, 1.807) is 54.2 Å². The summed E-state index contributed by atoms with van der Waals surface area (Å²) in [6, 6.07) is 13.7. The first-order chi connectivity index (χ1) is 11.0. The molecule has 6 heteroatoms. The van der Waals surface area contributed by atoms with Crippen LogP contribution >= 0.6 is 0 Å². The Hall–Kier alpha value is -2.60. The van der Waals surface area contributed by atoms with Crippen molar-refractivity contribution in [3.05, 3.63) is 72.1 Å². The molecule has 1 aromatic heterocycles. The van der Waals surface area contributed by atoms with Gasteiger partial charge in [-0.2, -0.15) is 13.5 Å². The van der Waals surface area contributed by atoms with Gasteiger partial charge in [-0.15, -0.1) is 0 Å². The molecule has 0 N–H and O–H groups in total. The van der Waals surface area contributed by atoms with Crippen LogP contribution in [-0.2, 0) is 10.1 Å². The van der Waals surface area contributed by atoms with E-state index < -0.39 is 10.1 Å². The highest BCUT2D eigenvalue weighted by atomic mass is 32.2. The van der Waals surface area contributed by atoms with E-state index in [9.17, 15) is 8.42 Å². The summed E-state index contributed by atoms with van der Waals surface area (Å²) in [6.07, 6.45) is 3.48. The van der Waals surface area contributed by atoms with Gasteiger partial charge in [-0.05, 0) is 55.8 Å². The van der Waals surface area contributed by atoms with Crippen molar-refractivity contribution in [3.63, 3.8) is 0 Å². The van der Waals surface area contributed by atoms with Gasteiger partial charge in [0.1, 0.15) is 10.6 Å². The fourth-order valence-corrected chi connectivity index (χ4v) is 3.47.